The zero-order chi connectivity index (χ0) is 19.9. The van der Waals surface area contributed by atoms with Crippen molar-refractivity contribution >= 4 is 51.5 Å². The Morgan fingerprint density at radius 3 is 2.43 bits per heavy atom. The molecule has 0 fully saturated rings. The first-order valence-electron chi connectivity index (χ1n) is 8.29. The lowest BCUT2D eigenvalue weighted by Gasteiger charge is -2.12. The van der Waals surface area contributed by atoms with E-state index in [4.69, 9.17) is 28.6 Å². The van der Waals surface area contributed by atoms with Crippen molar-refractivity contribution in [3.63, 3.8) is 0 Å². The molecular formula is C20H16ClN3O3S. The number of nitrogens with one attached hydrogen (secondary N) is 3. The molecule has 28 heavy (non-hydrogen) atoms. The van der Waals surface area contributed by atoms with E-state index in [0.717, 1.165) is 10.8 Å². The van der Waals surface area contributed by atoms with E-state index in [-0.39, 0.29) is 17.3 Å². The SMILES string of the molecule is O=C(COc1ccc2ccccc2c1)NC(=S)NNC(=O)c1ccccc1Cl. The van der Waals surface area contributed by atoms with E-state index in [1.807, 2.05) is 36.4 Å². The average Bonchev–Trinajstić information content (AvgIpc) is 2.70. The lowest BCUT2D eigenvalue weighted by molar-refractivity contribution is -0.121. The van der Waals surface area contributed by atoms with Gasteiger partial charge in [-0.05, 0) is 47.3 Å². The minimum Gasteiger partial charge on any atom is -0.484 e. The monoisotopic (exact) mass is 413 g/mol. The highest BCUT2D eigenvalue weighted by atomic mass is 35.5. The van der Waals surface area contributed by atoms with E-state index in [1.54, 1.807) is 30.3 Å². The van der Waals surface area contributed by atoms with Gasteiger partial charge in [0.1, 0.15) is 5.75 Å². The average molecular weight is 414 g/mol. The van der Waals surface area contributed by atoms with Crippen LogP contribution in [0, 0.1) is 0 Å². The molecule has 0 heterocycles. The molecule has 0 aromatic heterocycles. The molecular weight excluding hydrogens is 398 g/mol. The van der Waals surface area contributed by atoms with Crippen LogP contribution in [0.4, 0.5) is 0 Å². The Labute approximate surface area is 171 Å². The number of hydrazine groups is 1. The topological polar surface area (TPSA) is 79.5 Å². The minimum absolute atomic E-state index is 0.0625. The molecule has 3 aromatic carbocycles. The summed E-state index contributed by atoms with van der Waals surface area (Å²) in [5, 5.41) is 4.76. The van der Waals surface area contributed by atoms with Crippen LogP contribution in [0.2, 0.25) is 5.02 Å². The highest BCUT2D eigenvalue weighted by Crippen LogP contribution is 2.20. The van der Waals surface area contributed by atoms with Crippen LogP contribution in [0.5, 0.6) is 5.75 Å². The second-order valence-electron chi connectivity index (χ2n) is 5.73. The van der Waals surface area contributed by atoms with E-state index >= 15 is 0 Å². The third-order valence-corrected chi connectivity index (χ3v) is 4.29. The number of rotatable bonds is 4. The highest BCUT2D eigenvalue weighted by Gasteiger charge is 2.11. The van der Waals surface area contributed by atoms with Gasteiger partial charge in [0.25, 0.3) is 11.8 Å². The van der Waals surface area contributed by atoms with Crippen molar-refractivity contribution in [2.75, 3.05) is 6.61 Å². The smallest absolute Gasteiger partial charge is 0.271 e. The molecule has 0 saturated heterocycles. The number of fused-ring (bicyclic) bond motifs is 1. The summed E-state index contributed by atoms with van der Waals surface area (Å²) in [5.41, 5.74) is 5.10. The summed E-state index contributed by atoms with van der Waals surface area (Å²) < 4.78 is 5.48. The number of ether oxygens (including phenoxy) is 1. The molecule has 0 unspecified atom stereocenters. The first kappa shape index (κ1) is 19.6. The van der Waals surface area contributed by atoms with Crippen molar-refractivity contribution in [3.8, 4) is 5.75 Å². The predicted octanol–water partition coefficient (Wildman–Crippen LogP) is 3.21. The molecule has 0 aliphatic rings. The molecule has 3 rings (SSSR count). The molecule has 3 N–H and O–H groups in total. The highest BCUT2D eigenvalue weighted by molar-refractivity contribution is 7.80. The molecule has 8 heteroatoms. The zero-order valence-electron chi connectivity index (χ0n) is 14.6. The van der Waals surface area contributed by atoms with Gasteiger partial charge in [-0.25, -0.2) is 0 Å². The fourth-order valence-corrected chi connectivity index (χ4v) is 2.81. The van der Waals surface area contributed by atoms with Gasteiger partial charge in [-0.3, -0.25) is 25.8 Å². The van der Waals surface area contributed by atoms with Gasteiger partial charge in [0.2, 0.25) is 0 Å². The summed E-state index contributed by atoms with van der Waals surface area (Å²) >= 11 is 10.9. The van der Waals surface area contributed by atoms with E-state index < -0.39 is 11.8 Å². The van der Waals surface area contributed by atoms with Gasteiger partial charge in [-0.1, -0.05) is 54.1 Å². The van der Waals surface area contributed by atoms with Crippen LogP contribution in [0.1, 0.15) is 10.4 Å². The van der Waals surface area contributed by atoms with Crippen LogP contribution in [0.3, 0.4) is 0 Å². The number of halogens is 1. The van der Waals surface area contributed by atoms with Crippen molar-refractivity contribution in [1.29, 1.82) is 0 Å². The van der Waals surface area contributed by atoms with Crippen molar-refractivity contribution in [1.82, 2.24) is 16.2 Å². The number of thiocarbonyl (C=S) groups is 1. The van der Waals surface area contributed by atoms with Crippen molar-refractivity contribution in [2.45, 2.75) is 0 Å². The fraction of sp³-hybridized carbons (Fsp3) is 0.0500. The second-order valence-corrected chi connectivity index (χ2v) is 6.55. The Bertz CT molecular complexity index is 1040. The number of carbonyl (C=O) groups is 2. The van der Waals surface area contributed by atoms with Gasteiger partial charge < -0.3 is 4.74 Å². The van der Waals surface area contributed by atoms with Gasteiger partial charge in [0, 0.05) is 0 Å². The maximum Gasteiger partial charge on any atom is 0.271 e. The Balaban J connectivity index is 1.45. The Morgan fingerprint density at radius 2 is 1.64 bits per heavy atom. The standard InChI is InChI=1S/C20H16ClN3O3S/c21-17-8-4-3-7-16(17)19(26)23-24-20(28)22-18(25)12-27-15-10-9-13-5-1-2-6-14(13)11-15/h1-11H,12H2,(H,23,26)(H2,22,24,25,28). The molecule has 3 aromatic rings. The van der Waals surface area contributed by atoms with Crippen molar-refractivity contribution in [3.05, 3.63) is 77.3 Å². The minimum atomic E-state index is -0.477. The summed E-state index contributed by atoms with van der Waals surface area (Å²) in [6, 6.07) is 20.0. The first-order valence-corrected chi connectivity index (χ1v) is 9.08. The number of carbonyl (C=O) groups excluding carboxylic acids is 2. The van der Waals surface area contributed by atoms with Crippen LogP contribution >= 0.6 is 23.8 Å². The second kappa shape index (κ2) is 9.16. The molecule has 6 nitrogen and oxygen atoms in total. The fourth-order valence-electron chi connectivity index (χ4n) is 2.43. The van der Waals surface area contributed by atoms with Crippen LogP contribution in [-0.4, -0.2) is 23.5 Å². The molecule has 0 bridgehead atoms. The van der Waals surface area contributed by atoms with E-state index in [2.05, 4.69) is 16.2 Å². The molecule has 0 aliphatic carbocycles. The molecule has 0 saturated carbocycles. The predicted molar refractivity (Wildman–Crippen MR) is 112 cm³/mol. The first-order chi connectivity index (χ1) is 13.5. The number of hydrogen-bond donors (Lipinski definition) is 3. The molecule has 0 aliphatic heterocycles. The third-order valence-electron chi connectivity index (χ3n) is 3.75. The van der Waals surface area contributed by atoms with Crippen molar-refractivity contribution in [2.24, 2.45) is 0 Å². The Kier molecular flexibility index (Phi) is 6.41. The largest absolute Gasteiger partial charge is 0.484 e. The summed E-state index contributed by atoms with van der Waals surface area (Å²) in [4.78, 5) is 24.0. The van der Waals surface area contributed by atoms with Gasteiger partial charge in [-0.2, -0.15) is 0 Å². The molecule has 2 amide bonds. The van der Waals surface area contributed by atoms with Crippen LogP contribution in [0.15, 0.2) is 66.7 Å². The van der Waals surface area contributed by atoms with E-state index in [1.165, 1.54) is 0 Å². The maximum atomic E-state index is 12.0. The number of benzene rings is 3. The summed E-state index contributed by atoms with van der Waals surface area (Å²) in [5.74, 6) is -0.369. The molecule has 0 radical (unpaired) electrons. The molecule has 0 spiro atoms. The molecule has 142 valence electrons. The lowest BCUT2D eigenvalue weighted by Crippen LogP contribution is -2.49. The normalized spacial score (nSPS) is 10.2. The van der Waals surface area contributed by atoms with Crippen LogP contribution < -0.4 is 20.9 Å². The van der Waals surface area contributed by atoms with E-state index in [0.29, 0.717) is 10.8 Å². The van der Waals surface area contributed by atoms with Gasteiger partial charge in [0.15, 0.2) is 11.7 Å². The van der Waals surface area contributed by atoms with Crippen molar-refractivity contribution < 1.29 is 14.3 Å². The zero-order valence-corrected chi connectivity index (χ0v) is 16.1. The molecule has 0 atom stereocenters. The lowest BCUT2D eigenvalue weighted by atomic mass is 10.1. The Hall–Kier alpha value is -3.16. The number of hydrogen-bond acceptors (Lipinski definition) is 4. The summed E-state index contributed by atoms with van der Waals surface area (Å²) in [7, 11) is 0. The van der Waals surface area contributed by atoms with E-state index in [9.17, 15) is 9.59 Å². The maximum absolute atomic E-state index is 12.0. The Morgan fingerprint density at radius 1 is 0.929 bits per heavy atom. The summed E-state index contributed by atoms with van der Waals surface area (Å²) in [6.45, 7) is -0.224. The van der Waals surface area contributed by atoms with Crippen LogP contribution in [0.25, 0.3) is 10.8 Å². The van der Waals surface area contributed by atoms with Gasteiger partial charge in [0.05, 0.1) is 10.6 Å². The quantitative estimate of drug-likeness (QED) is 0.452. The third kappa shape index (κ3) is 5.18. The van der Waals surface area contributed by atoms with Crippen LogP contribution in [-0.2, 0) is 4.79 Å². The number of amides is 2. The van der Waals surface area contributed by atoms with Gasteiger partial charge in [-0.15, -0.1) is 0 Å². The summed E-state index contributed by atoms with van der Waals surface area (Å²) in [6.07, 6.45) is 0. The van der Waals surface area contributed by atoms with Gasteiger partial charge >= 0.3 is 0 Å².